The molecule has 0 spiro atoms. The molecule has 1 aromatic rings. The van der Waals surface area contributed by atoms with E-state index in [1.807, 2.05) is 12.1 Å². The maximum Gasteiger partial charge on any atom is 0.103 e. The number of anilines is 1. The lowest BCUT2D eigenvalue weighted by atomic mass is 10.1. The van der Waals surface area contributed by atoms with Gasteiger partial charge in [-0.2, -0.15) is 5.26 Å². The number of nitriles is 1. The Morgan fingerprint density at radius 2 is 2.38 bits per heavy atom. The van der Waals surface area contributed by atoms with Crippen molar-refractivity contribution in [3.63, 3.8) is 0 Å². The van der Waals surface area contributed by atoms with Gasteiger partial charge in [0.05, 0.1) is 16.3 Å². The molecule has 1 saturated heterocycles. The molecule has 0 bridgehead atoms. The minimum atomic E-state index is 0.413. The molecule has 1 heterocycles. The summed E-state index contributed by atoms with van der Waals surface area (Å²) in [5.74, 6) is 0. The fourth-order valence-electron chi connectivity index (χ4n) is 2.03. The van der Waals surface area contributed by atoms with Gasteiger partial charge in [0.25, 0.3) is 0 Å². The Balaban J connectivity index is 2.16. The first-order valence-electron chi connectivity index (χ1n) is 5.34. The highest BCUT2D eigenvalue weighted by atomic mass is 35.5. The minimum absolute atomic E-state index is 0.413. The van der Waals surface area contributed by atoms with Crippen molar-refractivity contribution < 1.29 is 0 Å². The van der Waals surface area contributed by atoms with Crippen molar-refractivity contribution >= 4 is 17.3 Å². The molecule has 4 heteroatoms. The summed E-state index contributed by atoms with van der Waals surface area (Å²) in [6.07, 6.45) is 1.11. The van der Waals surface area contributed by atoms with E-state index in [-0.39, 0.29) is 0 Å². The SMILES string of the molecule is CN1CCC(Nc2cccc(Cl)c2C#N)C1. The third-order valence-electron chi connectivity index (χ3n) is 2.88. The number of nitrogens with zero attached hydrogens (tertiary/aromatic N) is 2. The van der Waals surface area contributed by atoms with Crippen molar-refractivity contribution in [2.75, 3.05) is 25.5 Å². The van der Waals surface area contributed by atoms with Crippen LogP contribution in [0.25, 0.3) is 0 Å². The van der Waals surface area contributed by atoms with E-state index in [1.54, 1.807) is 6.07 Å². The number of likely N-dealkylation sites (N-methyl/N-ethyl adjacent to an activating group) is 1. The molecule has 0 amide bonds. The summed E-state index contributed by atoms with van der Waals surface area (Å²) in [5, 5.41) is 12.9. The van der Waals surface area contributed by atoms with Gasteiger partial charge in [0, 0.05) is 12.6 Å². The van der Waals surface area contributed by atoms with Crippen LogP contribution in [0, 0.1) is 11.3 Å². The van der Waals surface area contributed by atoms with Gasteiger partial charge in [-0.25, -0.2) is 0 Å². The monoisotopic (exact) mass is 235 g/mol. The lowest BCUT2D eigenvalue weighted by molar-refractivity contribution is 0.414. The van der Waals surface area contributed by atoms with E-state index < -0.39 is 0 Å². The van der Waals surface area contributed by atoms with Gasteiger partial charge in [-0.1, -0.05) is 17.7 Å². The van der Waals surface area contributed by atoms with Gasteiger partial charge in [-0.3, -0.25) is 0 Å². The Morgan fingerprint density at radius 3 is 3.00 bits per heavy atom. The van der Waals surface area contributed by atoms with E-state index in [4.69, 9.17) is 16.9 Å². The number of hydrogen-bond donors (Lipinski definition) is 1. The summed E-state index contributed by atoms with van der Waals surface area (Å²) >= 11 is 5.97. The van der Waals surface area contributed by atoms with Crippen LogP contribution < -0.4 is 5.32 Å². The number of likely N-dealkylation sites (tertiary alicyclic amines) is 1. The predicted molar refractivity (Wildman–Crippen MR) is 65.7 cm³/mol. The second kappa shape index (κ2) is 4.73. The molecule has 0 aliphatic carbocycles. The molecule has 1 atom stereocenters. The van der Waals surface area contributed by atoms with Gasteiger partial charge < -0.3 is 10.2 Å². The van der Waals surface area contributed by atoms with Gasteiger partial charge in [0.2, 0.25) is 0 Å². The van der Waals surface area contributed by atoms with Crippen molar-refractivity contribution in [2.24, 2.45) is 0 Å². The summed E-state index contributed by atoms with van der Waals surface area (Å²) in [5.41, 5.74) is 1.38. The van der Waals surface area contributed by atoms with Crippen molar-refractivity contribution in [3.05, 3.63) is 28.8 Å². The van der Waals surface area contributed by atoms with Gasteiger partial charge in [0.15, 0.2) is 0 Å². The topological polar surface area (TPSA) is 39.1 Å². The van der Waals surface area contributed by atoms with Crippen LogP contribution in [0.1, 0.15) is 12.0 Å². The summed E-state index contributed by atoms with van der Waals surface area (Å²) in [6, 6.07) is 8.07. The summed E-state index contributed by atoms with van der Waals surface area (Å²) in [4.78, 5) is 2.27. The molecule has 1 aromatic carbocycles. The van der Waals surface area contributed by atoms with Crippen LogP contribution in [0.4, 0.5) is 5.69 Å². The molecule has 1 unspecified atom stereocenters. The maximum atomic E-state index is 9.04. The van der Waals surface area contributed by atoms with E-state index in [2.05, 4.69) is 23.3 Å². The van der Waals surface area contributed by atoms with Crippen molar-refractivity contribution in [2.45, 2.75) is 12.5 Å². The molecule has 2 rings (SSSR count). The number of halogens is 1. The quantitative estimate of drug-likeness (QED) is 0.855. The smallest absolute Gasteiger partial charge is 0.103 e. The van der Waals surface area contributed by atoms with Crippen molar-refractivity contribution in [3.8, 4) is 6.07 Å². The first kappa shape index (κ1) is 11.3. The molecule has 84 valence electrons. The average molecular weight is 236 g/mol. The number of hydrogen-bond acceptors (Lipinski definition) is 3. The molecule has 1 N–H and O–H groups in total. The fraction of sp³-hybridized carbons (Fsp3) is 0.417. The van der Waals surface area contributed by atoms with Crippen molar-refractivity contribution in [1.29, 1.82) is 5.26 Å². The summed E-state index contributed by atoms with van der Waals surface area (Å²) in [7, 11) is 2.10. The highest BCUT2D eigenvalue weighted by molar-refractivity contribution is 6.32. The Morgan fingerprint density at radius 1 is 1.56 bits per heavy atom. The molecule has 0 radical (unpaired) electrons. The predicted octanol–water partition coefficient (Wildman–Crippen LogP) is 2.33. The van der Waals surface area contributed by atoms with E-state index in [0.29, 0.717) is 16.6 Å². The Labute approximate surface area is 101 Å². The second-order valence-corrected chi connectivity index (χ2v) is 4.57. The van der Waals surface area contributed by atoms with Crippen LogP contribution in [0.5, 0.6) is 0 Å². The normalized spacial score (nSPS) is 20.7. The first-order chi connectivity index (χ1) is 7.70. The molecular formula is C12H14ClN3. The van der Waals surface area contributed by atoms with Crippen LogP contribution in [-0.4, -0.2) is 31.1 Å². The summed E-state index contributed by atoms with van der Waals surface area (Å²) < 4.78 is 0. The Bertz CT molecular complexity index is 425. The number of rotatable bonds is 2. The van der Waals surface area contributed by atoms with Gasteiger partial charge in [0.1, 0.15) is 6.07 Å². The van der Waals surface area contributed by atoms with Crippen molar-refractivity contribution in [1.82, 2.24) is 4.90 Å². The molecule has 1 fully saturated rings. The molecule has 0 aromatic heterocycles. The maximum absolute atomic E-state index is 9.04. The minimum Gasteiger partial charge on any atom is -0.380 e. The fourth-order valence-corrected chi connectivity index (χ4v) is 2.25. The van der Waals surface area contributed by atoms with Crippen LogP contribution in [0.15, 0.2) is 18.2 Å². The molecule has 1 aliphatic rings. The lowest BCUT2D eigenvalue weighted by Crippen LogP contribution is -2.23. The zero-order chi connectivity index (χ0) is 11.5. The largest absolute Gasteiger partial charge is 0.380 e. The van der Waals surface area contributed by atoms with Gasteiger partial charge >= 0.3 is 0 Å². The zero-order valence-electron chi connectivity index (χ0n) is 9.20. The van der Waals surface area contributed by atoms with Gasteiger partial charge in [-0.15, -0.1) is 0 Å². The highest BCUT2D eigenvalue weighted by Gasteiger charge is 2.20. The zero-order valence-corrected chi connectivity index (χ0v) is 9.96. The van der Waals surface area contributed by atoms with E-state index in [1.165, 1.54) is 0 Å². The third kappa shape index (κ3) is 2.29. The number of nitrogens with one attached hydrogen (secondary N) is 1. The lowest BCUT2D eigenvalue weighted by Gasteiger charge is -2.15. The molecular weight excluding hydrogens is 222 g/mol. The Kier molecular flexibility index (Phi) is 3.33. The van der Waals surface area contributed by atoms with Crippen LogP contribution in [0.3, 0.4) is 0 Å². The third-order valence-corrected chi connectivity index (χ3v) is 3.19. The average Bonchev–Trinajstić information content (AvgIpc) is 2.64. The Hall–Kier alpha value is -1.24. The van der Waals surface area contributed by atoms with E-state index in [0.717, 1.165) is 25.2 Å². The molecule has 1 aliphatic heterocycles. The van der Waals surface area contributed by atoms with E-state index in [9.17, 15) is 0 Å². The molecule has 16 heavy (non-hydrogen) atoms. The second-order valence-electron chi connectivity index (χ2n) is 4.17. The van der Waals surface area contributed by atoms with E-state index >= 15 is 0 Å². The van der Waals surface area contributed by atoms with Crippen LogP contribution in [-0.2, 0) is 0 Å². The molecule has 3 nitrogen and oxygen atoms in total. The van der Waals surface area contributed by atoms with Gasteiger partial charge in [-0.05, 0) is 32.1 Å². The summed E-state index contributed by atoms with van der Waals surface area (Å²) in [6.45, 7) is 2.11. The first-order valence-corrected chi connectivity index (χ1v) is 5.72. The highest BCUT2D eigenvalue weighted by Crippen LogP contribution is 2.25. The standard InChI is InChI=1S/C12H14ClN3/c1-16-6-5-9(8-16)15-12-4-2-3-11(13)10(12)7-14/h2-4,9,15H,5-6,8H2,1H3. The van der Waals surface area contributed by atoms with Crippen LogP contribution in [0.2, 0.25) is 5.02 Å². The van der Waals surface area contributed by atoms with Crippen LogP contribution >= 0.6 is 11.6 Å². The molecule has 0 saturated carbocycles. The number of benzene rings is 1.